The monoisotopic (exact) mass is 286 g/mol. The summed E-state index contributed by atoms with van der Waals surface area (Å²) in [6, 6.07) is 9.23. The fourth-order valence-corrected chi connectivity index (χ4v) is 2.42. The van der Waals surface area contributed by atoms with Crippen LogP contribution >= 0.6 is 0 Å². The summed E-state index contributed by atoms with van der Waals surface area (Å²) >= 11 is 0. The lowest BCUT2D eigenvalue weighted by Gasteiger charge is -2.21. The van der Waals surface area contributed by atoms with Crippen molar-refractivity contribution in [1.82, 2.24) is 14.7 Å². The van der Waals surface area contributed by atoms with Crippen LogP contribution in [0.1, 0.15) is 16.9 Å². The first kappa shape index (κ1) is 13.6. The van der Waals surface area contributed by atoms with Gasteiger partial charge in [0.2, 0.25) is 0 Å². The summed E-state index contributed by atoms with van der Waals surface area (Å²) < 4.78 is 6.97. The third-order valence-corrected chi connectivity index (χ3v) is 3.72. The number of anilines is 1. The number of hydrogen-bond donors (Lipinski definition) is 1. The van der Waals surface area contributed by atoms with Gasteiger partial charge in [-0.2, -0.15) is 5.10 Å². The molecule has 0 bridgehead atoms. The van der Waals surface area contributed by atoms with Crippen LogP contribution in [-0.4, -0.2) is 46.9 Å². The van der Waals surface area contributed by atoms with Gasteiger partial charge >= 0.3 is 0 Å². The van der Waals surface area contributed by atoms with Crippen molar-refractivity contribution in [2.75, 3.05) is 26.0 Å². The largest absolute Gasteiger partial charge is 0.399 e. The fourth-order valence-electron chi connectivity index (χ4n) is 2.42. The Morgan fingerprint density at radius 1 is 1.48 bits per heavy atom. The van der Waals surface area contributed by atoms with Gasteiger partial charge in [0.1, 0.15) is 0 Å². The molecule has 1 atom stereocenters. The van der Waals surface area contributed by atoms with Gasteiger partial charge in [0.15, 0.2) is 5.69 Å². The highest BCUT2D eigenvalue weighted by Gasteiger charge is 2.26. The highest BCUT2D eigenvalue weighted by Crippen LogP contribution is 2.15. The molecule has 1 amide bonds. The molecule has 1 saturated heterocycles. The van der Waals surface area contributed by atoms with Gasteiger partial charge in [0, 0.05) is 25.5 Å². The molecule has 0 aliphatic carbocycles. The van der Waals surface area contributed by atoms with Crippen molar-refractivity contribution in [3.05, 3.63) is 42.2 Å². The van der Waals surface area contributed by atoms with E-state index in [4.69, 9.17) is 10.5 Å². The molecule has 6 nitrogen and oxygen atoms in total. The second-order valence-corrected chi connectivity index (χ2v) is 5.17. The van der Waals surface area contributed by atoms with Crippen molar-refractivity contribution < 1.29 is 9.53 Å². The normalized spacial score (nSPS) is 17.9. The second-order valence-electron chi connectivity index (χ2n) is 5.17. The number of nitrogens with zero attached hydrogens (tertiary/aromatic N) is 3. The van der Waals surface area contributed by atoms with Crippen LogP contribution in [-0.2, 0) is 4.74 Å². The standard InChI is InChI=1S/C15H18N4O2/c1-18(13-6-8-21-10-13)15(20)14-5-7-19(17-14)12-4-2-3-11(16)9-12/h2-5,7,9,13H,6,8,10,16H2,1H3. The number of aromatic nitrogens is 2. The van der Waals surface area contributed by atoms with Crippen molar-refractivity contribution in [1.29, 1.82) is 0 Å². The zero-order valence-corrected chi connectivity index (χ0v) is 11.9. The zero-order chi connectivity index (χ0) is 14.8. The number of likely N-dealkylation sites (N-methyl/N-ethyl adjacent to an activating group) is 1. The van der Waals surface area contributed by atoms with E-state index in [1.54, 1.807) is 28.9 Å². The number of hydrogen-bond acceptors (Lipinski definition) is 4. The molecule has 1 aliphatic heterocycles. The summed E-state index contributed by atoms with van der Waals surface area (Å²) in [4.78, 5) is 14.1. The fraction of sp³-hybridized carbons (Fsp3) is 0.333. The molecule has 1 aromatic carbocycles. The minimum Gasteiger partial charge on any atom is -0.399 e. The Labute approximate surface area is 123 Å². The summed E-state index contributed by atoms with van der Waals surface area (Å²) in [7, 11) is 1.79. The average molecular weight is 286 g/mol. The van der Waals surface area contributed by atoms with Crippen LogP contribution in [0, 0.1) is 0 Å². The van der Waals surface area contributed by atoms with Crippen molar-refractivity contribution in [3.8, 4) is 5.69 Å². The number of rotatable bonds is 3. The smallest absolute Gasteiger partial charge is 0.274 e. The molecule has 110 valence electrons. The van der Waals surface area contributed by atoms with Crippen LogP contribution in [0.3, 0.4) is 0 Å². The molecule has 2 heterocycles. The van der Waals surface area contributed by atoms with Crippen LogP contribution in [0.2, 0.25) is 0 Å². The minimum absolute atomic E-state index is 0.0897. The van der Waals surface area contributed by atoms with E-state index in [-0.39, 0.29) is 11.9 Å². The molecule has 1 aliphatic rings. The first-order valence-corrected chi connectivity index (χ1v) is 6.91. The highest BCUT2D eigenvalue weighted by atomic mass is 16.5. The number of nitrogen functional groups attached to an aromatic ring is 1. The van der Waals surface area contributed by atoms with E-state index in [1.165, 1.54) is 0 Å². The summed E-state index contributed by atoms with van der Waals surface area (Å²) in [5, 5.41) is 4.34. The zero-order valence-electron chi connectivity index (χ0n) is 11.9. The molecule has 2 aromatic rings. The predicted octanol–water partition coefficient (Wildman–Crippen LogP) is 1.32. The lowest BCUT2D eigenvalue weighted by Crippen LogP contribution is -2.37. The van der Waals surface area contributed by atoms with Gasteiger partial charge in [-0.05, 0) is 30.7 Å². The molecule has 0 radical (unpaired) electrons. The van der Waals surface area contributed by atoms with Gasteiger partial charge < -0.3 is 15.4 Å². The van der Waals surface area contributed by atoms with Gasteiger partial charge in [0.25, 0.3) is 5.91 Å². The van der Waals surface area contributed by atoms with E-state index >= 15 is 0 Å². The number of nitrogens with two attached hydrogens (primary N) is 1. The van der Waals surface area contributed by atoms with Crippen molar-refractivity contribution in [2.24, 2.45) is 0 Å². The molecule has 1 fully saturated rings. The Morgan fingerprint density at radius 2 is 2.33 bits per heavy atom. The summed E-state index contributed by atoms with van der Waals surface area (Å²) in [6.45, 7) is 1.30. The van der Waals surface area contributed by atoms with Gasteiger partial charge in [-0.3, -0.25) is 4.79 Å². The lowest BCUT2D eigenvalue weighted by atomic mass is 10.2. The highest BCUT2D eigenvalue weighted by molar-refractivity contribution is 5.92. The maximum absolute atomic E-state index is 12.4. The summed E-state index contributed by atoms with van der Waals surface area (Å²) in [5.74, 6) is -0.0897. The molecule has 0 spiro atoms. The Balaban J connectivity index is 1.79. The maximum atomic E-state index is 12.4. The van der Waals surface area contributed by atoms with E-state index < -0.39 is 0 Å². The number of amides is 1. The third kappa shape index (κ3) is 2.75. The second kappa shape index (κ2) is 5.57. The van der Waals surface area contributed by atoms with Gasteiger partial charge in [-0.15, -0.1) is 0 Å². The van der Waals surface area contributed by atoms with E-state index in [2.05, 4.69) is 5.10 Å². The van der Waals surface area contributed by atoms with Crippen LogP contribution in [0.15, 0.2) is 36.5 Å². The van der Waals surface area contributed by atoms with Crippen molar-refractivity contribution in [2.45, 2.75) is 12.5 Å². The molecule has 0 saturated carbocycles. The molecule has 6 heteroatoms. The lowest BCUT2D eigenvalue weighted by molar-refractivity contribution is 0.0705. The summed E-state index contributed by atoms with van der Waals surface area (Å²) in [6.07, 6.45) is 2.64. The van der Waals surface area contributed by atoms with E-state index in [0.717, 1.165) is 12.1 Å². The first-order valence-electron chi connectivity index (χ1n) is 6.91. The third-order valence-electron chi connectivity index (χ3n) is 3.72. The summed E-state index contributed by atoms with van der Waals surface area (Å²) in [5.41, 5.74) is 7.68. The van der Waals surface area contributed by atoms with Gasteiger partial charge in [0.05, 0.1) is 18.3 Å². The van der Waals surface area contributed by atoms with Crippen LogP contribution in [0.25, 0.3) is 5.69 Å². The Hall–Kier alpha value is -2.34. The molecular formula is C15H18N4O2. The number of benzene rings is 1. The van der Waals surface area contributed by atoms with Crippen LogP contribution in [0.5, 0.6) is 0 Å². The number of ether oxygens (including phenoxy) is 1. The van der Waals surface area contributed by atoms with Crippen LogP contribution in [0.4, 0.5) is 5.69 Å². The topological polar surface area (TPSA) is 73.4 Å². The van der Waals surface area contributed by atoms with Crippen molar-refractivity contribution in [3.63, 3.8) is 0 Å². The quantitative estimate of drug-likeness (QED) is 0.864. The molecule has 1 unspecified atom stereocenters. The van der Waals surface area contributed by atoms with Gasteiger partial charge in [-0.1, -0.05) is 6.07 Å². The van der Waals surface area contributed by atoms with Crippen molar-refractivity contribution >= 4 is 11.6 Å². The SMILES string of the molecule is CN(C(=O)c1ccn(-c2cccc(N)c2)n1)C1CCOC1. The minimum atomic E-state index is -0.0897. The van der Waals surface area contributed by atoms with E-state index in [1.807, 2.05) is 24.3 Å². The Kier molecular flexibility index (Phi) is 3.62. The van der Waals surface area contributed by atoms with Crippen LogP contribution < -0.4 is 5.73 Å². The molecular weight excluding hydrogens is 268 g/mol. The van der Waals surface area contributed by atoms with E-state index in [0.29, 0.717) is 24.6 Å². The molecule has 1 aromatic heterocycles. The maximum Gasteiger partial charge on any atom is 0.274 e. The Morgan fingerprint density at radius 3 is 3.05 bits per heavy atom. The molecule has 21 heavy (non-hydrogen) atoms. The molecule has 3 rings (SSSR count). The van der Waals surface area contributed by atoms with Gasteiger partial charge in [-0.25, -0.2) is 4.68 Å². The number of carbonyl (C=O) groups is 1. The molecule has 2 N–H and O–H groups in total. The number of carbonyl (C=O) groups excluding carboxylic acids is 1. The first-order chi connectivity index (χ1) is 10.1. The predicted molar refractivity (Wildman–Crippen MR) is 79.3 cm³/mol. The average Bonchev–Trinajstić information content (AvgIpc) is 3.17. The Bertz CT molecular complexity index is 647. The van der Waals surface area contributed by atoms with E-state index in [9.17, 15) is 4.79 Å².